The van der Waals surface area contributed by atoms with E-state index in [1.54, 1.807) is 36.6 Å². The van der Waals surface area contributed by atoms with Crippen molar-refractivity contribution < 1.29 is 13.6 Å². The minimum atomic E-state index is -0.415. The molecule has 0 aliphatic heterocycles. The first-order valence-electron chi connectivity index (χ1n) is 6.99. The van der Waals surface area contributed by atoms with Crippen LogP contribution in [0.15, 0.2) is 62.4 Å². The summed E-state index contributed by atoms with van der Waals surface area (Å²) in [6.07, 6.45) is 2.16. The van der Waals surface area contributed by atoms with E-state index in [9.17, 15) is 9.59 Å². The van der Waals surface area contributed by atoms with Gasteiger partial charge in [0.25, 0.3) is 5.91 Å². The average molecular weight is 297 g/mol. The van der Waals surface area contributed by atoms with Crippen molar-refractivity contribution >= 4 is 16.9 Å². The molecule has 0 saturated heterocycles. The Labute approximate surface area is 126 Å². The largest absolute Gasteiger partial charge is 0.469 e. The zero-order chi connectivity index (χ0) is 15.5. The molecule has 2 heterocycles. The highest BCUT2D eigenvalue weighted by Gasteiger charge is 2.15. The zero-order valence-electron chi connectivity index (χ0n) is 12.0. The first kappa shape index (κ1) is 14.1. The van der Waals surface area contributed by atoms with Crippen molar-refractivity contribution in [2.24, 2.45) is 0 Å². The van der Waals surface area contributed by atoms with Gasteiger partial charge >= 0.3 is 0 Å². The van der Waals surface area contributed by atoms with Gasteiger partial charge in [-0.2, -0.15) is 0 Å². The van der Waals surface area contributed by atoms with Crippen LogP contribution in [0.4, 0.5) is 0 Å². The third-order valence-electron chi connectivity index (χ3n) is 3.32. The Balaban J connectivity index is 1.78. The predicted octanol–water partition coefficient (Wildman–Crippen LogP) is 2.75. The van der Waals surface area contributed by atoms with Gasteiger partial charge in [-0.15, -0.1) is 0 Å². The number of carbonyl (C=O) groups is 1. The highest BCUT2D eigenvalue weighted by atomic mass is 16.3. The summed E-state index contributed by atoms with van der Waals surface area (Å²) in [5, 5.41) is 3.26. The number of carbonyl (C=O) groups excluding carboxylic acids is 1. The minimum absolute atomic E-state index is 0.00925. The van der Waals surface area contributed by atoms with Crippen molar-refractivity contribution in [3.8, 4) is 0 Å². The molecule has 0 radical (unpaired) electrons. The normalized spacial score (nSPS) is 12.2. The number of amides is 1. The molecule has 0 aliphatic carbocycles. The first-order valence-corrected chi connectivity index (χ1v) is 6.99. The fourth-order valence-electron chi connectivity index (χ4n) is 2.29. The van der Waals surface area contributed by atoms with E-state index in [0.717, 1.165) is 5.76 Å². The third-order valence-corrected chi connectivity index (χ3v) is 3.32. The van der Waals surface area contributed by atoms with Gasteiger partial charge in [-0.05, 0) is 31.2 Å². The van der Waals surface area contributed by atoms with Gasteiger partial charge in [0.15, 0.2) is 11.2 Å². The van der Waals surface area contributed by atoms with Crippen LogP contribution in [0.2, 0.25) is 0 Å². The number of furan rings is 1. The molecule has 0 saturated carbocycles. The molecule has 0 aliphatic rings. The molecule has 1 amide bonds. The fraction of sp³-hybridized carbons (Fsp3) is 0.176. The molecule has 2 aromatic heterocycles. The van der Waals surface area contributed by atoms with Crippen LogP contribution >= 0.6 is 0 Å². The van der Waals surface area contributed by atoms with Gasteiger partial charge in [-0.1, -0.05) is 12.1 Å². The summed E-state index contributed by atoms with van der Waals surface area (Å²) >= 11 is 0. The van der Waals surface area contributed by atoms with Crippen molar-refractivity contribution in [3.05, 3.63) is 70.5 Å². The van der Waals surface area contributed by atoms with Gasteiger partial charge in [-0.3, -0.25) is 9.59 Å². The number of benzene rings is 1. The molecule has 112 valence electrons. The van der Waals surface area contributed by atoms with E-state index in [1.165, 1.54) is 6.07 Å². The van der Waals surface area contributed by atoms with Gasteiger partial charge in [0, 0.05) is 18.5 Å². The summed E-state index contributed by atoms with van der Waals surface area (Å²) in [7, 11) is 0. The SMILES string of the molecule is C[C@@H](Cc1ccco1)NC(=O)c1cc(=O)c2ccccc2o1. The van der Waals surface area contributed by atoms with E-state index >= 15 is 0 Å². The van der Waals surface area contributed by atoms with Crippen molar-refractivity contribution in [3.63, 3.8) is 0 Å². The van der Waals surface area contributed by atoms with Crippen molar-refractivity contribution in [2.75, 3.05) is 0 Å². The lowest BCUT2D eigenvalue weighted by atomic mass is 10.2. The fourth-order valence-corrected chi connectivity index (χ4v) is 2.29. The molecule has 5 heteroatoms. The summed E-state index contributed by atoms with van der Waals surface area (Å²) in [6, 6.07) is 11.6. The van der Waals surface area contributed by atoms with Crippen molar-refractivity contribution in [1.29, 1.82) is 0 Å². The number of hydrogen-bond acceptors (Lipinski definition) is 4. The van der Waals surface area contributed by atoms with Crippen LogP contribution in [0.5, 0.6) is 0 Å². The van der Waals surface area contributed by atoms with Crippen LogP contribution in [0.25, 0.3) is 11.0 Å². The Hall–Kier alpha value is -2.82. The lowest BCUT2D eigenvalue weighted by Gasteiger charge is -2.12. The summed E-state index contributed by atoms with van der Waals surface area (Å²) in [6.45, 7) is 1.86. The molecule has 0 fully saturated rings. The molecule has 0 bridgehead atoms. The maximum absolute atomic E-state index is 12.2. The van der Waals surface area contributed by atoms with Crippen LogP contribution in [-0.2, 0) is 6.42 Å². The van der Waals surface area contributed by atoms with Crippen LogP contribution in [0.1, 0.15) is 23.2 Å². The average Bonchev–Trinajstić information content (AvgIpc) is 3.00. The van der Waals surface area contributed by atoms with E-state index < -0.39 is 5.91 Å². The molecule has 1 atom stereocenters. The molecule has 3 aromatic rings. The first-order chi connectivity index (χ1) is 10.6. The second-order valence-electron chi connectivity index (χ2n) is 5.13. The predicted molar refractivity (Wildman–Crippen MR) is 81.8 cm³/mol. The van der Waals surface area contributed by atoms with Crippen LogP contribution in [0.3, 0.4) is 0 Å². The van der Waals surface area contributed by atoms with Gasteiger partial charge in [-0.25, -0.2) is 0 Å². The third kappa shape index (κ3) is 2.93. The lowest BCUT2D eigenvalue weighted by molar-refractivity contribution is 0.0912. The summed E-state index contributed by atoms with van der Waals surface area (Å²) < 4.78 is 10.7. The van der Waals surface area contributed by atoms with E-state index in [1.807, 2.05) is 13.0 Å². The Morgan fingerprint density at radius 3 is 2.82 bits per heavy atom. The molecule has 3 rings (SSSR count). The number of hydrogen-bond donors (Lipinski definition) is 1. The Morgan fingerprint density at radius 2 is 2.05 bits per heavy atom. The smallest absolute Gasteiger partial charge is 0.287 e. The van der Waals surface area contributed by atoms with Crippen LogP contribution in [-0.4, -0.2) is 11.9 Å². The maximum Gasteiger partial charge on any atom is 0.287 e. The Kier molecular flexibility index (Phi) is 3.78. The Bertz CT molecular complexity index is 848. The quantitative estimate of drug-likeness (QED) is 0.803. The molecular formula is C17H15NO4. The van der Waals surface area contributed by atoms with Crippen LogP contribution in [0, 0.1) is 0 Å². The molecule has 0 unspecified atom stereocenters. The summed E-state index contributed by atoms with van der Waals surface area (Å²) in [4.78, 5) is 24.2. The Morgan fingerprint density at radius 1 is 1.23 bits per heavy atom. The van der Waals surface area contributed by atoms with Crippen molar-refractivity contribution in [1.82, 2.24) is 5.32 Å². The standard InChI is InChI=1S/C17H15NO4/c1-11(9-12-5-4-8-21-12)18-17(20)16-10-14(19)13-6-2-3-7-15(13)22-16/h2-8,10-11H,9H2,1H3,(H,18,20)/t11-/m0/s1. The van der Waals surface area contributed by atoms with E-state index in [-0.39, 0.29) is 17.2 Å². The van der Waals surface area contributed by atoms with Crippen molar-refractivity contribution in [2.45, 2.75) is 19.4 Å². The maximum atomic E-state index is 12.2. The zero-order valence-corrected chi connectivity index (χ0v) is 12.0. The van der Waals surface area contributed by atoms with Crippen LogP contribution < -0.4 is 10.7 Å². The second-order valence-corrected chi connectivity index (χ2v) is 5.13. The minimum Gasteiger partial charge on any atom is -0.469 e. The summed E-state index contributed by atoms with van der Waals surface area (Å²) in [5.41, 5.74) is 0.171. The van der Waals surface area contributed by atoms with Gasteiger partial charge in [0.1, 0.15) is 11.3 Å². The number of nitrogens with one attached hydrogen (secondary N) is 1. The number of rotatable bonds is 4. The molecule has 22 heavy (non-hydrogen) atoms. The van der Waals surface area contributed by atoms with E-state index in [0.29, 0.717) is 17.4 Å². The monoisotopic (exact) mass is 297 g/mol. The summed E-state index contributed by atoms with van der Waals surface area (Å²) in [5.74, 6) is 0.379. The van der Waals surface area contributed by atoms with Gasteiger partial charge in [0.2, 0.25) is 0 Å². The van der Waals surface area contributed by atoms with E-state index in [2.05, 4.69) is 5.32 Å². The lowest BCUT2D eigenvalue weighted by Crippen LogP contribution is -2.34. The highest BCUT2D eigenvalue weighted by molar-refractivity contribution is 5.93. The molecule has 1 aromatic carbocycles. The number of fused-ring (bicyclic) bond motifs is 1. The molecule has 0 spiro atoms. The molecule has 1 N–H and O–H groups in total. The van der Waals surface area contributed by atoms with E-state index in [4.69, 9.17) is 8.83 Å². The highest BCUT2D eigenvalue weighted by Crippen LogP contribution is 2.12. The molecular weight excluding hydrogens is 282 g/mol. The molecule has 5 nitrogen and oxygen atoms in total. The van der Waals surface area contributed by atoms with Gasteiger partial charge < -0.3 is 14.2 Å². The van der Waals surface area contributed by atoms with Gasteiger partial charge in [0.05, 0.1) is 11.6 Å². The second kappa shape index (κ2) is 5.89. The topological polar surface area (TPSA) is 72.5 Å². The number of para-hydroxylation sites is 1.